The van der Waals surface area contributed by atoms with Gasteiger partial charge in [-0.15, -0.1) is 11.3 Å². The van der Waals surface area contributed by atoms with Gasteiger partial charge >= 0.3 is 0 Å². The van der Waals surface area contributed by atoms with E-state index in [9.17, 15) is 9.59 Å². The third kappa shape index (κ3) is 6.21. The number of methoxy groups -OCH3 is 3. The Kier molecular flexibility index (Phi) is 9.18. The predicted octanol–water partition coefficient (Wildman–Crippen LogP) is 3.48. The van der Waals surface area contributed by atoms with Gasteiger partial charge in [0.2, 0.25) is 11.7 Å². The molecule has 1 aromatic heterocycles. The standard InChI is InChI=1S/C25H35N3O5S/c1-16-8-10-28(11-9-16)19(22-7-6-12-34-22)15-26-24(29)17(2)27-25(30)18-13-20(31-3)23(33-5)21(14-18)32-4/h6-7,12-14,16-17,19H,8-11,15H2,1-5H3,(H,26,29)(H,27,30)/t17-,19-/m0/s1. The van der Waals surface area contributed by atoms with Crippen molar-refractivity contribution in [3.8, 4) is 17.2 Å². The molecule has 2 atom stereocenters. The molecule has 3 rings (SSSR count). The second-order valence-electron chi connectivity index (χ2n) is 8.60. The number of benzene rings is 1. The molecule has 0 aliphatic carbocycles. The smallest absolute Gasteiger partial charge is 0.252 e. The molecule has 34 heavy (non-hydrogen) atoms. The highest BCUT2D eigenvalue weighted by Gasteiger charge is 2.27. The number of likely N-dealkylation sites (tertiary alicyclic amines) is 1. The number of hydrogen-bond acceptors (Lipinski definition) is 7. The molecule has 8 nitrogen and oxygen atoms in total. The lowest BCUT2D eigenvalue weighted by molar-refractivity contribution is -0.122. The van der Waals surface area contributed by atoms with Crippen molar-refractivity contribution >= 4 is 23.2 Å². The topological polar surface area (TPSA) is 89.1 Å². The second kappa shape index (κ2) is 12.1. The number of nitrogens with zero attached hydrogens (tertiary/aromatic N) is 1. The first kappa shape index (κ1) is 25.8. The molecule has 1 aromatic carbocycles. The molecular weight excluding hydrogens is 454 g/mol. The SMILES string of the molecule is COc1cc(C(=O)N[C@@H](C)C(=O)NC[C@@H](c2cccs2)N2CCC(C)CC2)cc(OC)c1OC. The Hall–Kier alpha value is -2.78. The highest BCUT2D eigenvalue weighted by atomic mass is 32.1. The van der Waals surface area contributed by atoms with E-state index in [0.717, 1.165) is 31.8 Å². The van der Waals surface area contributed by atoms with Crippen LogP contribution in [0.5, 0.6) is 17.2 Å². The lowest BCUT2D eigenvalue weighted by Crippen LogP contribution is -2.48. The Balaban J connectivity index is 1.63. The van der Waals surface area contributed by atoms with E-state index in [1.807, 2.05) is 6.07 Å². The first-order chi connectivity index (χ1) is 16.4. The fraction of sp³-hybridized carbons (Fsp3) is 0.520. The zero-order chi connectivity index (χ0) is 24.7. The van der Waals surface area contributed by atoms with Crippen molar-refractivity contribution in [1.29, 1.82) is 0 Å². The van der Waals surface area contributed by atoms with Crippen LogP contribution >= 0.6 is 11.3 Å². The molecule has 1 aliphatic rings. The summed E-state index contributed by atoms with van der Waals surface area (Å²) in [6.45, 7) is 6.50. The van der Waals surface area contributed by atoms with E-state index in [0.29, 0.717) is 29.4 Å². The second-order valence-corrected chi connectivity index (χ2v) is 9.58. The first-order valence-corrected chi connectivity index (χ1v) is 12.4. The fourth-order valence-corrected chi connectivity index (χ4v) is 5.00. The molecule has 2 heterocycles. The lowest BCUT2D eigenvalue weighted by atomic mass is 9.97. The number of carbonyl (C=O) groups is 2. The summed E-state index contributed by atoms with van der Waals surface area (Å²) in [5.41, 5.74) is 0.313. The number of piperidine rings is 1. The zero-order valence-corrected chi connectivity index (χ0v) is 21.4. The van der Waals surface area contributed by atoms with Crippen LogP contribution in [0.2, 0.25) is 0 Å². The van der Waals surface area contributed by atoms with E-state index < -0.39 is 11.9 Å². The van der Waals surface area contributed by atoms with E-state index in [1.54, 1.807) is 30.4 Å². The highest BCUT2D eigenvalue weighted by Crippen LogP contribution is 2.38. The van der Waals surface area contributed by atoms with Gasteiger partial charge in [-0.25, -0.2) is 0 Å². The van der Waals surface area contributed by atoms with Gasteiger partial charge in [0.15, 0.2) is 11.5 Å². The molecule has 0 bridgehead atoms. The number of ether oxygens (including phenoxy) is 3. The number of carbonyl (C=O) groups excluding carboxylic acids is 2. The molecule has 2 aromatic rings. The third-order valence-corrected chi connectivity index (χ3v) is 7.24. The summed E-state index contributed by atoms with van der Waals surface area (Å²) in [6.07, 6.45) is 2.33. The lowest BCUT2D eigenvalue weighted by Gasteiger charge is -2.36. The molecule has 1 fully saturated rings. The van der Waals surface area contributed by atoms with E-state index >= 15 is 0 Å². The van der Waals surface area contributed by atoms with E-state index in [1.165, 1.54) is 26.2 Å². The van der Waals surface area contributed by atoms with Gasteiger partial charge in [-0.3, -0.25) is 14.5 Å². The third-order valence-electron chi connectivity index (χ3n) is 6.27. The quantitative estimate of drug-likeness (QED) is 0.531. The Morgan fingerprint density at radius 2 is 1.76 bits per heavy atom. The van der Waals surface area contributed by atoms with E-state index in [4.69, 9.17) is 14.2 Å². The van der Waals surface area contributed by atoms with Gasteiger partial charge < -0.3 is 24.8 Å². The van der Waals surface area contributed by atoms with Gasteiger partial charge in [0, 0.05) is 17.0 Å². The molecule has 186 valence electrons. The first-order valence-electron chi connectivity index (χ1n) is 11.5. The van der Waals surface area contributed by atoms with Crippen LogP contribution in [0.3, 0.4) is 0 Å². The number of rotatable bonds is 10. The summed E-state index contributed by atoms with van der Waals surface area (Å²) in [5.74, 6) is 1.26. The van der Waals surface area contributed by atoms with Crippen LogP contribution in [-0.4, -0.2) is 63.7 Å². The van der Waals surface area contributed by atoms with Crippen molar-refractivity contribution in [2.24, 2.45) is 5.92 Å². The van der Waals surface area contributed by atoms with Gasteiger partial charge in [-0.05, 0) is 62.4 Å². The Bertz CT molecular complexity index is 932. The average Bonchev–Trinajstić information content (AvgIpc) is 3.38. The summed E-state index contributed by atoms with van der Waals surface area (Å²) in [5, 5.41) is 7.87. The molecule has 9 heteroatoms. The summed E-state index contributed by atoms with van der Waals surface area (Å²) in [4.78, 5) is 29.4. The van der Waals surface area contributed by atoms with Gasteiger partial charge in [0.05, 0.1) is 27.4 Å². The zero-order valence-electron chi connectivity index (χ0n) is 20.6. The minimum absolute atomic E-state index is 0.134. The van der Waals surface area contributed by atoms with Crippen LogP contribution in [0.1, 0.15) is 48.0 Å². The molecule has 0 unspecified atom stereocenters. The maximum atomic E-state index is 12.9. The van der Waals surface area contributed by atoms with Crippen LogP contribution in [0.25, 0.3) is 0 Å². The predicted molar refractivity (Wildman–Crippen MR) is 133 cm³/mol. The van der Waals surface area contributed by atoms with Crippen molar-refractivity contribution < 1.29 is 23.8 Å². The van der Waals surface area contributed by atoms with Crippen LogP contribution < -0.4 is 24.8 Å². The highest BCUT2D eigenvalue weighted by molar-refractivity contribution is 7.10. The summed E-state index contributed by atoms with van der Waals surface area (Å²) in [6, 6.07) is 6.71. The Morgan fingerprint density at radius 1 is 1.12 bits per heavy atom. The van der Waals surface area contributed by atoms with Crippen molar-refractivity contribution in [2.45, 2.75) is 38.8 Å². The van der Waals surface area contributed by atoms with Crippen molar-refractivity contribution in [2.75, 3.05) is 41.0 Å². The average molecular weight is 490 g/mol. The van der Waals surface area contributed by atoms with Crippen molar-refractivity contribution in [1.82, 2.24) is 15.5 Å². The van der Waals surface area contributed by atoms with Gasteiger partial charge in [0.1, 0.15) is 6.04 Å². The minimum Gasteiger partial charge on any atom is -0.493 e. The van der Waals surface area contributed by atoms with Crippen molar-refractivity contribution in [3.63, 3.8) is 0 Å². The van der Waals surface area contributed by atoms with Gasteiger partial charge in [0.25, 0.3) is 5.91 Å². The molecule has 0 spiro atoms. The van der Waals surface area contributed by atoms with Crippen molar-refractivity contribution in [3.05, 3.63) is 40.1 Å². The maximum absolute atomic E-state index is 12.9. The summed E-state index contributed by atoms with van der Waals surface area (Å²) >= 11 is 1.71. The molecule has 2 amide bonds. The molecular formula is C25H35N3O5S. The van der Waals surface area contributed by atoms with Gasteiger partial charge in [-0.2, -0.15) is 0 Å². The molecule has 0 saturated carbocycles. The molecule has 1 aliphatic heterocycles. The normalized spacial score (nSPS) is 16.4. The van der Waals surface area contributed by atoms with Crippen LogP contribution in [-0.2, 0) is 4.79 Å². The van der Waals surface area contributed by atoms with Crippen LogP contribution in [0, 0.1) is 5.92 Å². The largest absolute Gasteiger partial charge is 0.493 e. The molecule has 2 N–H and O–H groups in total. The summed E-state index contributed by atoms with van der Waals surface area (Å²) in [7, 11) is 4.48. The van der Waals surface area contributed by atoms with Crippen LogP contribution in [0.15, 0.2) is 29.6 Å². The number of amides is 2. The van der Waals surface area contributed by atoms with Crippen LogP contribution in [0.4, 0.5) is 0 Å². The van der Waals surface area contributed by atoms with E-state index in [-0.39, 0.29) is 11.9 Å². The summed E-state index contributed by atoms with van der Waals surface area (Å²) < 4.78 is 15.9. The monoisotopic (exact) mass is 489 g/mol. The Labute approximate surface area is 205 Å². The minimum atomic E-state index is -0.711. The Morgan fingerprint density at radius 3 is 2.29 bits per heavy atom. The number of thiophene rings is 1. The molecule has 1 saturated heterocycles. The van der Waals surface area contributed by atoms with E-state index in [2.05, 4.69) is 33.9 Å². The fourth-order valence-electron chi connectivity index (χ4n) is 4.14. The van der Waals surface area contributed by atoms with Gasteiger partial charge in [-0.1, -0.05) is 13.0 Å². The maximum Gasteiger partial charge on any atom is 0.252 e. The number of nitrogens with one attached hydrogen (secondary N) is 2. The number of hydrogen-bond donors (Lipinski definition) is 2. The molecule has 0 radical (unpaired) electrons.